The number of aryl methyl sites for hydroxylation is 3. The van der Waals surface area contributed by atoms with E-state index < -0.39 is 5.97 Å². The van der Waals surface area contributed by atoms with Crippen LogP contribution in [0.3, 0.4) is 0 Å². The normalized spacial score (nSPS) is 15.2. The first-order valence-corrected chi connectivity index (χ1v) is 13.6. The molecule has 0 bridgehead atoms. The Morgan fingerprint density at radius 1 is 0.974 bits per heavy atom. The van der Waals surface area contributed by atoms with E-state index >= 15 is 0 Å². The van der Waals surface area contributed by atoms with Crippen molar-refractivity contribution >= 4 is 22.8 Å². The number of oxime groups is 1. The summed E-state index contributed by atoms with van der Waals surface area (Å²) in [5.74, 6) is 0.0774. The van der Waals surface area contributed by atoms with E-state index in [1.807, 2.05) is 31.2 Å². The van der Waals surface area contributed by atoms with Crippen molar-refractivity contribution in [3.63, 3.8) is 0 Å². The van der Waals surface area contributed by atoms with E-state index in [2.05, 4.69) is 58.8 Å². The van der Waals surface area contributed by atoms with Crippen LogP contribution in [0.2, 0.25) is 0 Å². The fraction of sp³-hybridized carbons (Fsp3) is 0.355. The van der Waals surface area contributed by atoms with Gasteiger partial charge in [0.25, 0.3) is 0 Å². The highest BCUT2D eigenvalue weighted by atomic mass is 16.4. The van der Waals surface area contributed by atoms with Gasteiger partial charge in [-0.3, -0.25) is 9.69 Å². The molecule has 2 aromatic heterocycles. The number of fused-ring (bicyclic) bond motifs is 1. The monoisotopic (exact) mass is 525 g/mol. The molecule has 202 valence electrons. The Bertz CT molecular complexity index is 1520. The van der Waals surface area contributed by atoms with Crippen LogP contribution in [0.4, 0.5) is 0 Å². The molecule has 0 radical (unpaired) electrons. The first-order chi connectivity index (χ1) is 18.9. The van der Waals surface area contributed by atoms with Crippen molar-refractivity contribution < 1.29 is 15.1 Å². The van der Waals surface area contributed by atoms with Gasteiger partial charge in [0.1, 0.15) is 17.1 Å². The Labute approximate surface area is 228 Å². The largest absolute Gasteiger partial charge is 0.481 e. The Morgan fingerprint density at radius 2 is 1.72 bits per heavy atom. The molecule has 8 nitrogen and oxygen atoms in total. The Morgan fingerprint density at radius 3 is 2.38 bits per heavy atom. The molecular weight excluding hydrogens is 490 g/mol. The topological polar surface area (TPSA) is 104 Å². The van der Waals surface area contributed by atoms with Gasteiger partial charge >= 0.3 is 5.97 Å². The number of hydrogen-bond acceptors (Lipinski definition) is 6. The number of imidazole rings is 1. The molecule has 1 saturated heterocycles. The summed E-state index contributed by atoms with van der Waals surface area (Å²) in [5.41, 5.74) is 8.34. The van der Waals surface area contributed by atoms with Crippen LogP contribution < -0.4 is 0 Å². The van der Waals surface area contributed by atoms with Crippen LogP contribution in [0.25, 0.3) is 11.2 Å². The summed E-state index contributed by atoms with van der Waals surface area (Å²) in [4.78, 5) is 23.2. The van der Waals surface area contributed by atoms with Crippen molar-refractivity contribution in [2.75, 3.05) is 13.1 Å². The molecule has 0 atom stereocenters. The third-order valence-corrected chi connectivity index (χ3v) is 7.63. The average molecular weight is 526 g/mol. The number of benzene rings is 2. The second-order valence-electron chi connectivity index (χ2n) is 10.5. The lowest BCUT2D eigenvalue weighted by atomic mass is 9.96. The third kappa shape index (κ3) is 5.71. The van der Waals surface area contributed by atoms with E-state index in [4.69, 9.17) is 9.97 Å². The molecule has 3 heterocycles. The Balaban J connectivity index is 1.33. The zero-order valence-electron chi connectivity index (χ0n) is 22.8. The molecular formula is C31H35N5O3. The van der Waals surface area contributed by atoms with Crippen LogP contribution in [0.15, 0.2) is 59.8 Å². The first kappa shape index (κ1) is 26.6. The van der Waals surface area contributed by atoms with E-state index in [-0.39, 0.29) is 5.92 Å². The average Bonchev–Trinajstić information content (AvgIpc) is 3.28. The van der Waals surface area contributed by atoms with Gasteiger partial charge in [-0.2, -0.15) is 0 Å². The maximum Gasteiger partial charge on any atom is 0.306 e. The van der Waals surface area contributed by atoms with Crippen LogP contribution in [0.1, 0.15) is 59.1 Å². The summed E-state index contributed by atoms with van der Waals surface area (Å²) in [7, 11) is 0. The molecule has 4 aromatic rings. The smallest absolute Gasteiger partial charge is 0.306 e. The standard InChI is InChI=1S/C31H35N5O3/c1-4-27-33-28-20(2)16-21(3)32-30(28)36(27)19-23-6-5-7-26(17-23)29(34-39)24-10-8-22(9-11-24)18-35-14-12-25(13-15-35)31(37)38/h5-11,16-17,25,39H,4,12-15,18-19H2,1-3H3,(H,37,38). The number of piperidine rings is 1. The minimum Gasteiger partial charge on any atom is -0.481 e. The van der Waals surface area contributed by atoms with Crippen LogP contribution in [-0.2, 0) is 24.3 Å². The molecule has 8 heteroatoms. The maximum absolute atomic E-state index is 11.2. The molecule has 0 saturated carbocycles. The molecule has 0 amide bonds. The summed E-state index contributed by atoms with van der Waals surface area (Å²) in [6.45, 7) is 9.16. The van der Waals surface area contributed by atoms with Gasteiger partial charge in [0.2, 0.25) is 0 Å². The maximum atomic E-state index is 11.2. The summed E-state index contributed by atoms with van der Waals surface area (Å²) < 4.78 is 2.18. The predicted molar refractivity (Wildman–Crippen MR) is 151 cm³/mol. The molecule has 1 aliphatic rings. The van der Waals surface area contributed by atoms with Gasteiger partial charge in [-0.05, 0) is 68.6 Å². The third-order valence-electron chi connectivity index (χ3n) is 7.63. The number of hydrogen-bond donors (Lipinski definition) is 2. The van der Waals surface area contributed by atoms with Crippen LogP contribution in [0.5, 0.6) is 0 Å². The highest BCUT2D eigenvalue weighted by Gasteiger charge is 2.24. The second kappa shape index (κ2) is 11.4. The van der Waals surface area contributed by atoms with Crippen LogP contribution in [0, 0.1) is 19.8 Å². The number of aromatic nitrogens is 3. The molecule has 2 N–H and O–H groups in total. The van der Waals surface area contributed by atoms with Crippen molar-refractivity contribution in [1.82, 2.24) is 19.4 Å². The summed E-state index contributed by atoms with van der Waals surface area (Å²) >= 11 is 0. The van der Waals surface area contributed by atoms with Gasteiger partial charge in [-0.15, -0.1) is 0 Å². The molecule has 0 unspecified atom stereocenters. The van der Waals surface area contributed by atoms with Crippen molar-refractivity contribution in [2.24, 2.45) is 11.1 Å². The lowest BCUT2D eigenvalue weighted by Crippen LogP contribution is -2.35. The lowest BCUT2D eigenvalue weighted by Gasteiger charge is -2.30. The van der Waals surface area contributed by atoms with Crippen LogP contribution in [-0.4, -0.2) is 54.5 Å². The molecule has 5 rings (SSSR count). The van der Waals surface area contributed by atoms with Crippen LogP contribution >= 0.6 is 0 Å². The van der Waals surface area contributed by atoms with E-state index in [0.29, 0.717) is 25.1 Å². The number of rotatable bonds is 8. The summed E-state index contributed by atoms with van der Waals surface area (Å²) in [6, 6.07) is 18.2. The number of aliphatic carboxylic acids is 1. The van der Waals surface area contributed by atoms with E-state index in [1.165, 1.54) is 0 Å². The molecule has 0 spiro atoms. The molecule has 2 aromatic carbocycles. The Kier molecular flexibility index (Phi) is 7.74. The zero-order valence-corrected chi connectivity index (χ0v) is 22.8. The minimum atomic E-state index is -0.690. The van der Waals surface area contributed by atoms with E-state index in [1.54, 1.807) is 0 Å². The summed E-state index contributed by atoms with van der Waals surface area (Å²) in [6.07, 6.45) is 2.19. The van der Waals surface area contributed by atoms with Gasteiger partial charge in [-0.1, -0.05) is 54.5 Å². The van der Waals surface area contributed by atoms with Gasteiger partial charge in [0.15, 0.2) is 5.65 Å². The van der Waals surface area contributed by atoms with E-state index in [9.17, 15) is 15.1 Å². The fourth-order valence-corrected chi connectivity index (χ4v) is 5.53. The Hall–Kier alpha value is -4.04. The van der Waals surface area contributed by atoms with Gasteiger partial charge in [0.05, 0.1) is 12.5 Å². The number of nitrogens with zero attached hydrogens (tertiary/aromatic N) is 5. The number of pyridine rings is 1. The van der Waals surface area contributed by atoms with Gasteiger partial charge in [-0.25, -0.2) is 9.97 Å². The van der Waals surface area contributed by atoms with Crippen molar-refractivity contribution in [1.29, 1.82) is 0 Å². The molecule has 1 aliphatic heterocycles. The number of carbonyl (C=O) groups is 1. The SMILES string of the molecule is CCc1nc2c(C)cc(C)nc2n1Cc1cccc(C(=NO)c2ccc(CN3CCC(C(=O)O)CC3)cc2)c1. The lowest BCUT2D eigenvalue weighted by molar-refractivity contribution is -0.143. The number of carboxylic acid groups (broad SMARTS) is 1. The first-order valence-electron chi connectivity index (χ1n) is 13.6. The van der Waals surface area contributed by atoms with Gasteiger partial charge < -0.3 is 14.9 Å². The quantitative estimate of drug-likeness (QED) is 0.187. The van der Waals surface area contributed by atoms with Crippen molar-refractivity contribution in [3.8, 4) is 0 Å². The second-order valence-corrected chi connectivity index (χ2v) is 10.5. The molecule has 39 heavy (non-hydrogen) atoms. The highest BCUT2D eigenvalue weighted by Crippen LogP contribution is 2.23. The molecule has 0 aliphatic carbocycles. The molecule has 1 fully saturated rings. The predicted octanol–water partition coefficient (Wildman–Crippen LogP) is 5.18. The van der Waals surface area contributed by atoms with Crippen molar-refractivity contribution in [2.45, 2.75) is 53.1 Å². The summed E-state index contributed by atoms with van der Waals surface area (Å²) in [5, 5.41) is 22.9. The fourth-order valence-electron chi connectivity index (χ4n) is 5.53. The van der Waals surface area contributed by atoms with Crippen molar-refractivity contribution in [3.05, 3.63) is 93.9 Å². The number of carboxylic acids is 1. The number of likely N-dealkylation sites (tertiary alicyclic amines) is 1. The highest BCUT2D eigenvalue weighted by molar-refractivity contribution is 6.12. The minimum absolute atomic E-state index is 0.228. The zero-order chi connectivity index (χ0) is 27.5. The van der Waals surface area contributed by atoms with Gasteiger partial charge in [0, 0.05) is 29.8 Å². The van der Waals surface area contributed by atoms with E-state index in [0.717, 1.165) is 76.6 Å².